The lowest BCUT2D eigenvalue weighted by Crippen LogP contribution is -2.25. The molecule has 1 saturated heterocycles. The molecule has 1 heterocycles. The second-order valence-electron chi connectivity index (χ2n) is 4.34. The third-order valence-corrected chi connectivity index (χ3v) is 3.09. The molecule has 6 heteroatoms. The Morgan fingerprint density at radius 1 is 1.39 bits per heavy atom. The number of ether oxygens (including phenoxy) is 1. The van der Waals surface area contributed by atoms with Crippen LogP contribution in [0.5, 0.6) is 5.75 Å². The standard InChI is InChI=1S/C12H17N3O3/c1-18-7-2-3-8(12(13)14)9(4-7)15-5-10(16)11(17)6-15/h2-4,10-11,16-17H,5-6H2,1H3,(H3,13,14). The fourth-order valence-electron chi connectivity index (χ4n) is 2.09. The van der Waals surface area contributed by atoms with Crippen LogP contribution in [0.15, 0.2) is 18.2 Å². The number of anilines is 1. The molecule has 1 aliphatic heterocycles. The average Bonchev–Trinajstić information content (AvgIpc) is 2.68. The summed E-state index contributed by atoms with van der Waals surface area (Å²) in [4.78, 5) is 1.80. The Labute approximate surface area is 105 Å². The minimum Gasteiger partial charge on any atom is -0.497 e. The predicted octanol–water partition coefficient (Wildman–Crippen LogP) is -0.479. The largest absolute Gasteiger partial charge is 0.497 e. The van der Waals surface area contributed by atoms with Crippen LogP contribution in [0.2, 0.25) is 0 Å². The van der Waals surface area contributed by atoms with E-state index in [1.54, 1.807) is 30.2 Å². The Hall–Kier alpha value is -1.79. The summed E-state index contributed by atoms with van der Waals surface area (Å²) in [5.41, 5.74) is 6.79. The summed E-state index contributed by atoms with van der Waals surface area (Å²) >= 11 is 0. The van der Waals surface area contributed by atoms with Crippen molar-refractivity contribution in [2.24, 2.45) is 5.73 Å². The van der Waals surface area contributed by atoms with Gasteiger partial charge in [-0.3, -0.25) is 5.41 Å². The number of amidine groups is 1. The molecule has 1 fully saturated rings. The summed E-state index contributed by atoms with van der Waals surface area (Å²) in [5.74, 6) is 0.592. The number of benzene rings is 1. The Morgan fingerprint density at radius 3 is 2.50 bits per heavy atom. The Kier molecular flexibility index (Phi) is 3.40. The van der Waals surface area contributed by atoms with Gasteiger partial charge < -0.3 is 25.6 Å². The number of rotatable bonds is 3. The van der Waals surface area contributed by atoms with E-state index in [2.05, 4.69) is 0 Å². The molecule has 5 N–H and O–H groups in total. The zero-order valence-electron chi connectivity index (χ0n) is 10.1. The maximum absolute atomic E-state index is 9.58. The molecule has 1 aliphatic rings. The molecule has 2 rings (SSSR count). The SMILES string of the molecule is COc1ccc(C(=N)N)c(N2CC(O)C(O)C2)c1. The highest BCUT2D eigenvalue weighted by atomic mass is 16.5. The van der Waals surface area contributed by atoms with E-state index in [0.29, 0.717) is 30.1 Å². The molecular formula is C12H17N3O3. The molecule has 0 radical (unpaired) electrons. The van der Waals surface area contributed by atoms with E-state index in [4.69, 9.17) is 15.9 Å². The lowest BCUT2D eigenvalue weighted by atomic mass is 10.1. The highest BCUT2D eigenvalue weighted by molar-refractivity contribution is 6.00. The third kappa shape index (κ3) is 2.25. The van der Waals surface area contributed by atoms with E-state index < -0.39 is 12.2 Å². The van der Waals surface area contributed by atoms with Crippen molar-refractivity contribution in [1.29, 1.82) is 5.41 Å². The van der Waals surface area contributed by atoms with E-state index in [9.17, 15) is 10.2 Å². The van der Waals surface area contributed by atoms with Crippen molar-refractivity contribution >= 4 is 11.5 Å². The molecule has 98 valence electrons. The van der Waals surface area contributed by atoms with E-state index in [1.807, 2.05) is 0 Å². The molecule has 0 amide bonds. The van der Waals surface area contributed by atoms with Crippen molar-refractivity contribution in [3.05, 3.63) is 23.8 Å². The van der Waals surface area contributed by atoms with Gasteiger partial charge >= 0.3 is 0 Å². The third-order valence-electron chi connectivity index (χ3n) is 3.09. The quantitative estimate of drug-likeness (QED) is 0.429. The van der Waals surface area contributed by atoms with Gasteiger partial charge in [0.05, 0.1) is 25.0 Å². The summed E-state index contributed by atoms with van der Waals surface area (Å²) in [6.07, 6.45) is -1.56. The smallest absolute Gasteiger partial charge is 0.124 e. The van der Waals surface area contributed by atoms with Crippen LogP contribution in [0.3, 0.4) is 0 Å². The number of aliphatic hydroxyl groups is 2. The summed E-state index contributed by atoms with van der Waals surface area (Å²) in [6, 6.07) is 5.18. The van der Waals surface area contributed by atoms with Gasteiger partial charge in [0.2, 0.25) is 0 Å². The second kappa shape index (κ2) is 4.83. The molecule has 2 unspecified atom stereocenters. The number of nitrogens with two attached hydrogens (primary N) is 1. The lowest BCUT2D eigenvalue weighted by molar-refractivity contribution is 0.0572. The van der Waals surface area contributed by atoms with Crippen molar-refractivity contribution in [2.75, 3.05) is 25.1 Å². The minimum absolute atomic E-state index is 0.0523. The molecule has 6 nitrogen and oxygen atoms in total. The van der Waals surface area contributed by atoms with Gasteiger partial charge in [0.25, 0.3) is 0 Å². The van der Waals surface area contributed by atoms with Crippen molar-refractivity contribution in [3.8, 4) is 5.75 Å². The highest BCUT2D eigenvalue weighted by Crippen LogP contribution is 2.28. The van der Waals surface area contributed by atoms with Gasteiger partial charge in [-0.05, 0) is 12.1 Å². The molecular weight excluding hydrogens is 234 g/mol. The fourth-order valence-corrected chi connectivity index (χ4v) is 2.09. The molecule has 18 heavy (non-hydrogen) atoms. The van der Waals surface area contributed by atoms with Crippen LogP contribution in [0.4, 0.5) is 5.69 Å². The minimum atomic E-state index is -0.781. The average molecular weight is 251 g/mol. The van der Waals surface area contributed by atoms with Crippen LogP contribution >= 0.6 is 0 Å². The summed E-state index contributed by atoms with van der Waals surface area (Å²) in [6.45, 7) is 0.628. The number of nitrogens with zero attached hydrogens (tertiary/aromatic N) is 1. The van der Waals surface area contributed by atoms with Gasteiger partial charge in [0, 0.05) is 24.7 Å². The van der Waals surface area contributed by atoms with Crippen molar-refractivity contribution < 1.29 is 14.9 Å². The van der Waals surface area contributed by atoms with Crippen LogP contribution in [0.25, 0.3) is 0 Å². The topological polar surface area (TPSA) is 103 Å². The number of methoxy groups -OCH3 is 1. The molecule has 1 aromatic rings. The van der Waals surface area contributed by atoms with Crippen molar-refractivity contribution in [2.45, 2.75) is 12.2 Å². The van der Waals surface area contributed by atoms with E-state index in [1.165, 1.54) is 0 Å². The maximum Gasteiger partial charge on any atom is 0.124 e. The van der Waals surface area contributed by atoms with Gasteiger partial charge in [0.1, 0.15) is 11.6 Å². The first-order chi connectivity index (χ1) is 8.52. The predicted molar refractivity (Wildman–Crippen MR) is 68.2 cm³/mol. The number of nitrogens with one attached hydrogen (secondary N) is 1. The molecule has 0 bridgehead atoms. The Balaban J connectivity index is 2.38. The first-order valence-corrected chi connectivity index (χ1v) is 5.66. The zero-order chi connectivity index (χ0) is 13.3. The molecule has 0 aromatic heterocycles. The molecule has 0 saturated carbocycles. The van der Waals surface area contributed by atoms with Gasteiger partial charge in [-0.1, -0.05) is 0 Å². The van der Waals surface area contributed by atoms with E-state index in [0.717, 1.165) is 0 Å². The van der Waals surface area contributed by atoms with Gasteiger partial charge in [0.15, 0.2) is 0 Å². The van der Waals surface area contributed by atoms with E-state index in [-0.39, 0.29) is 5.84 Å². The number of hydrogen-bond donors (Lipinski definition) is 4. The van der Waals surface area contributed by atoms with Crippen LogP contribution < -0.4 is 15.4 Å². The van der Waals surface area contributed by atoms with Crippen molar-refractivity contribution in [1.82, 2.24) is 0 Å². The van der Waals surface area contributed by atoms with Crippen LogP contribution in [-0.4, -0.2) is 48.5 Å². The number of nitrogen functional groups attached to an aromatic ring is 1. The molecule has 2 atom stereocenters. The fraction of sp³-hybridized carbons (Fsp3) is 0.417. The Morgan fingerprint density at radius 2 is 2.00 bits per heavy atom. The first kappa shape index (κ1) is 12.7. The number of hydrogen-bond acceptors (Lipinski definition) is 5. The Bertz CT molecular complexity index is 454. The second-order valence-corrected chi connectivity index (χ2v) is 4.34. The van der Waals surface area contributed by atoms with E-state index >= 15 is 0 Å². The summed E-state index contributed by atoms with van der Waals surface area (Å²) in [7, 11) is 1.56. The lowest BCUT2D eigenvalue weighted by Gasteiger charge is -2.21. The normalized spacial score (nSPS) is 23.2. The maximum atomic E-state index is 9.58. The number of β-amino-alcohol motifs (C(OH)–C–C–N with tert-alkyl or cyclic N) is 2. The van der Waals surface area contributed by atoms with Gasteiger partial charge in [-0.2, -0.15) is 0 Å². The molecule has 1 aromatic carbocycles. The highest BCUT2D eigenvalue weighted by Gasteiger charge is 2.31. The van der Waals surface area contributed by atoms with Gasteiger partial charge in [-0.15, -0.1) is 0 Å². The summed E-state index contributed by atoms with van der Waals surface area (Å²) in [5, 5.41) is 26.7. The van der Waals surface area contributed by atoms with Gasteiger partial charge in [-0.25, -0.2) is 0 Å². The molecule has 0 spiro atoms. The van der Waals surface area contributed by atoms with Crippen molar-refractivity contribution in [3.63, 3.8) is 0 Å². The molecule has 0 aliphatic carbocycles. The van der Waals surface area contributed by atoms with Crippen LogP contribution in [0, 0.1) is 5.41 Å². The summed E-state index contributed by atoms with van der Waals surface area (Å²) < 4.78 is 5.14. The van der Waals surface area contributed by atoms with Crippen LogP contribution in [0.1, 0.15) is 5.56 Å². The first-order valence-electron chi connectivity index (χ1n) is 5.66. The van der Waals surface area contributed by atoms with Crippen LogP contribution in [-0.2, 0) is 0 Å². The monoisotopic (exact) mass is 251 g/mol. The number of aliphatic hydroxyl groups excluding tert-OH is 2. The zero-order valence-corrected chi connectivity index (χ0v) is 10.1.